The first-order valence-corrected chi connectivity index (χ1v) is 4.27. The number of esters is 2. The van der Waals surface area contributed by atoms with E-state index in [0.717, 1.165) is 0 Å². The third-order valence-electron chi connectivity index (χ3n) is 2.98. The van der Waals surface area contributed by atoms with Crippen LogP contribution in [0.1, 0.15) is 13.3 Å². The van der Waals surface area contributed by atoms with E-state index in [9.17, 15) is 9.59 Å². The van der Waals surface area contributed by atoms with E-state index in [-0.39, 0.29) is 5.92 Å². The van der Waals surface area contributed by atoms with Crippen LogP contribution in [-0.2, 0) is 19.1 Å². The van der Waals surface area contributed by atoms with Gasteiger partial charge in [0.25, 0.3) is 0 Å². The van der Waals surface area contributed by atoms with Crippen LogP contribution in [-0.4, -0.2) is 23.1 Å². The highest BCUT2D eigenvalue weighted by Gasteiger charge is 2.85. The van der Waals surface area contributed by atoms with Crippen molar-refractivity contribution >= 4 is 11.9 Å². The van der Waals surface area contributed by atoms with E-state index in [1.54, 1.807) is 6.08 Å². The molecule has 13 heavy (non-hydrogen) atoms. The van der Waals surface area contributed by atoms with Gasteiger partial charge >= 0.3 is 11.9 Å². The summed E-state index contributed by atoms with van der Waals surface area (Å²) in [4.78, 5) is 22.6. The lowest BCUT2D eigenvalue weighted by molar-refractivity contribution is -0.163. The van der Waals surface area contributed by atoms with Crippen molar-refractivity contribution in [3.05, 3.63) is 12.2 Å². The van der Waals surface area contributed by atoms with E-state index in [1.165, 1.54) is 0 Å². The molecule has 3 aliphatic rings. The molecule has 0 radical (unpaired) electrons. The number of carbonyl (C=O) groups excluding carboxylic acids is 2. The van der Waals surface area contributed by atoms with Crippen LogP contribution in [0.5, 0.6) is 0 Å². The lowest BCUT2D eigenvalue weighted by atomic mass is 9.81. The quantitative estimate of drug-likeness (QED) is 0.231. The summed E-state index contributed by atoms with van der Waals surface area (Å²) >= 11 is 0. The van der Waals surface area contributed by atoms with Gasteiger partial charge in [0.15, 0.2) is 0 Å². The highest BCUT2D eigenvalue weighted by Crippen LogP contribution is 2.60. The number of ether oxygens (including phenoxy) is 2. The average molecular weight is 180 g/mol. The smallest absolute Gasteiger partial charge is 0.354 e. The third kappa shape index (κ3) is 0.562. The molecule has 0 spiro atoms. The maximum absolute atomic E-state index is 11.3. The second kappa shape index (κ2) is 1.70. The molecule has 3 atom stereocenters. The molecule has 2 fully saturated rings. The van der Waals surface area contributed by atoms with Crippen LogP contribution in [0.25, 0.3) is 0 Å². The predicted molar refractivity (Wildman–Crippen MR) is 40.6 cm³/mol. The Morgan fingerprint density at radius 2 is 2.23 bits per heavy atom. The first-order chi connectivity index (χ1) is 6.11. The molecule has 0 aromatic heterocycles. The van der Waals surface area contributed by atoms with Crippen LogP contribution in [0.4, 0.5) is 0 Å². The molecule has 1 aliphatic carbocycles. The van der Waals surface area contributed by atoms with Gasteiger partial charge in [-0.2, -0.15) is 0 Å². The van der Waals surface area contributed by atoms with Crippen molar-refractivity contribution < 1.29 is 19.1 Å². The van der Waals surface area contributed by atoms with Crippen LogP contribution in [0.15, 0.2) is 12.2 Å². The maximum Gasteiger partial charge on any atom is 0.354 e. The van der Waals surface area contributed by atoms with Gasteiger partial charge in [0.1, 0.15) is 0 Å². The van der Waals surface area contributed by atoms with E-state index in [4.69, 9.17) is 4.74 Å². The van der Waals surface area contributed by atoms with E-state index < -0.39 is 23.1 Å². The molecule has 0 aromatic rings. The van der Waals surface area contributed by atoms with Crippen molar-refractivity contribution in [3.63, 3.8) is 0 Å². The molecule has 0 saturated carbocycles. The van der Waals surface area contributed by atoms with E-state index in [2.05, 4.69) is 4.74 Å². The van der Waals surface area contributed by atoms with Gasteiger partial charge in [0.05, 0.1) is 0 Å². The molecule has 68 valence electrons. The molecule has 2 saturated heterocycles. The summed E-state index contributed by atoms with van der Waals surface area (Å²) in [6.45, 7) is 1.98. The van der Waals surface area contributed by atoms with E-state index in [0.29, 0.717) is 6.42 Å². The van der Waals surface area contributed by atoms with E-state index >= 15 is 0 Å². The summed E-state index contributed by atoms with van der Waals surface area (Å²) in [5, 5.41) is 0. The Bertz CT molecular complexity index is 359. The minimum atomic E-state index is -1.05. The zero-order chi connectivity index (χ0) is 9.27. The van der Waals surface area contributed by atoms with Crippen molar-refractivity contribution in [2.24, 2.45) is 5.92 Å². The normalized spacial score (nSPS) is 51.3. The van der Waals surface area contributed by atoms with Crippen LogP contribution in [0.3, 0.4) is 0 Å². The minimum Gasteiger partial charge on any atom is -0.388 e. The zero-order valence-electron chi connectivity index (χ0n) is 7.07. The summed E-state index contributed by atoms with van der Waals surface area (Å²) in [5.41, 5.74) is -2.01. The number of allylic oxidation sites excluding steroid dienone is 1. The molecule has 2 heterocycles. The van der Waals surface area contributed by atoms with Crippen LogP contribution < -0.4 is 0 Å². The highest BCUT2D eigenvalue weighted by atomic mass is 16.7. The van der Waals surface area contributed by atoms with Crippen LogP contribution in [0.2, 0.25) is 0 Å². The van der Waals surface area contributed by atoms with Crippen molar-refractivity contribution in [1.29, 1.82) is 0 Å². The number of cyclic esters (lactones) is 2. The summed E-state index contributed by atoms with van der Waals surface area (Å²) in [7, 11) is 0. The molecular formula is C9H8O4. The predicted octanol–water partition coefficient (Wildman–Crippen LogP) is 0.174. The van der Waals surface area contributed by atoms with Gasteiger partial charge in [0.2, 0.25) is 11.2 Å². The standard InChI is InChI=1S/C9H8O4/c1-5-2-3-8-6(10)12-7(11)9(8,4-5)13-8/h2-3,5H,4H2,1H3. The lowest BCUT2D eigenvalue weighted by Crippen LogP contribution is -2.32. The molecule has 4 heteroatoms. The van der Waals surface area contributed by atoms with Gasteiger partial charge in [-0.15, -0.1) is 0 Å². The summed E-state index contributed by atoms with van der Waals surface area (Å²) in [5.74, 6) is -0.816. The Hall–Kier alpha value is -1.16. The maximum atomic E-state index is 11.3. The van der Waals surface area contributed by atoms with Gasteiger partial charge in [-0.3, -0.25) is 0 Å². The monoisotopic (exact) mass is 180 g/mol. The van der Waals surface area contributed by atoms with Crippen LogP contribution >= 0.6 is 0 Å². The molecule has 3 unspecified atom stereocenters. The van der Waals surface area contributed by atoms with Gasteiger partial charge in [-0.25, -0.2) is 9.59 Å². The summed E-state index contributed by atoms with van der Waals surface area (Å²) in [6, 6.07) is 0. The fourth-order valence-electron chi connectivity index (χ4n) is 2.23. The lowest BCUT2D eigenvalue weighted by Gasteiger charge is -2.13. The molecule has 0 aromatic carbocycles. The molecule has 0 amide bonds. The molecular weight excluding hydrogens is 172 g/mol. The highest BCUT2D eigenvalue weighted by molar-refractivity contribution is 6.11. The van der Waals surface area contributed by atoms with Gasteiger partial charge in [0, 0.05) is 0 Å². The number of carbonyl (C=O) groups is 2. The first kappa shape index (κ1) is 7.26. The van der Waals surface area contributed by atoms with Crippen molar-refractivity contribution in [2.45, 2.75) is 24.5 Å². The minimum absolute atomic E-state index is 0.258. The number of rotatable bonds is 0. The second-order valence-corrected chi connectivity index (χ2v) is 3.88. The van der Waals surface area contributed by atoms with Gasteiger partial charge < -0.3 is 9.47 Å². The number of hydrogen-bond acceptors (Lipinski definition) is 4. The van der Waals surface area contributed by atoms with Crippen molar-refractivity contribution in [2.75, 3.05) is 0 Å². The summed E-state index contributed by atoms with van der Waals surface area (Å²) in [6.07, 6.45) is 4.10. The van der Waals surface area contributed by atoms with E-state index in [1.807, 2.05) is 13.0 Å². The van der Waals surface area contributed by atoms with Crippen molar-refractivity contribution in [1.82, 2.24) is 0 Å². The number of hydrogen-bond donors (Lipinski definition) is 0. The Morgan fingerprint density at radius 3 is 3.00 bits per heavy atom. The Morgan fingerprint density at radius 1 is 1.46 bits per heavy atom. The second-order valence-electron chi connectivity index (χ2n) is 3.88. The van der Waals surface area contributed by atoms with Gasteiger partial charge in [-0.1, -0.05) is 13.0 Å². The molecule has 3 rings (SSSR count). The fraction of sp³-hybridized carbons (Fsp3) is 0.556. The molecule has 0 N–H and O–H groups in total. The molecule has 4 nitrogen and oxygen atoms in total. The Balaban J connectivity index is 2.14. The third-order valence-corrected chi connectivity index (χ3v) is 2.98. The molecule has 2 aliphatic heterocycles. The largest absolute Gasteiger partial charge is 0.388 e. The topological polar surface area (TPSA) is 55.9 Å². The van der Waals surface area contributed by atoms with Gasteiger partial charge in [-0.05, 0) is 18.4 Å². The first-order valence-electron chi connectivity index (χ1n) is 4.27. The number of epoxide rings is 1. The molecule has 0 bridgehead atoms. The summed E-state index contributed by atoms with van der Waals surface area (Å²) < 4.78 is 9.82. The Labute approximate surface area is 74.5 Å². The zero-order valence-corrected chi connectivity index (χ0v) is 7.07. The van der Waals surface area contributed by atoms with Crippen molar-refractivity contribution in [3.8, 4) is 0 Å². The van der Waals surface area contributed by atoms with Crippen LogP contribution in [0, 0.1) is 5.92 Å². The SMILES string of the molecule is CC1C=CC23OC2(C1)C(=O)OC3=O. The fourth-order valence-corrected chi connectivity index (χ4v) is 2.23. The Kier molecular flexibility index (Phi) is 0.950. The average Bonchev–Trinajstić information content (AvgIpc) is 2.69.